The molecule has 12 heteroatoms. The summed E-state index contributed by atoms with van der Waals surface area (Å²) in [6.45, 7) is 11.9. The first-order valence-electron chi connectivity index (χ1n) is 15.5. The molecular weight excluding hydrogens is 586 g/mol. The predicted octanol–water partition coefficient (Wildman–Crippen LogP) is 3.28. The molecule has 0 aromatic heterocycles. The second-order valence-electron chi connectivity index (χ2n) is 12.9. The first kappa shape index (κ1) is 33.5. The van der Waals surface area contributed by atoms with Gasteiger partial charge in [0.25, 0.3) is 5.91 Å². The SMILES string of the molecule is C=C1C[C@](OC)([C@H](OC(=O)c2ccccc2)C(=O)N[C@@H]2OCO[C@H]3[C@@H]2O[C@H](C[C@H]2CCC(=O)O2)C(C)(C)[C@@H]3OC)O[C@H](C)[C@@H]1C. The van der Waals surface area contributed by atoms with Crippen molar-refractivity contribution in [3.8, 4) is 0 Å². The van der Waals surface area contributed by atoms with E-state index in [1.807, 2.05) is 27.7 Å². The summed E-state index contributed by atoms with van der Waals surface area (Å²) in [6.07, 6.45) is -3.95. The van der Waals surface area contributed by atoms with Crippen molar-refractivity contribution >= 4 is 17.8 Å². The summed E-state index contributed by atoms with van der Waals surface area (Å²) in [4.78, 5) is 39.4. The monoisotopic (exact) mass is 631 g/mol. The molecule has 0 saturated carbocycles. The zero-order chi connectivity index (χ0) is 32.5. The van der Waals surface area contributed by atoms with E-state index in [9.17, 15) is 14.4 Å². The Kier molecular flexibility index (Phi) is 10.0. The molecule has 12 nitrogen and oxygen atoms in total. The number of esters is 2. The van der Waals surface area contributed by atoms with Crippen molar-refractivity contribution in [3.05, 3.63) is 48.0 Å². The molecule has 1 aromatic rings. The van der Waals surface area contributed by atoms with Crippen molar-refractivity contribution in [3.63, 3.8) is 0 Å². The van der Waals surface area contributed by atoms with E-state index in [1.165, 1.54) is 7.11 Å². The van der Waals surface area contributed by atoms with Crippen molar-refractivity contribution in [2.45, 2.75) is 108 Å². The smallest absolute Gasteiger partial charge is 0.339 e. The average molecular weight is 632 g/mol. The molecule has 1 aromatic carbocycles. The van der Waals surface area contributed by atoms with Crippen LogP contribution in [-0.4, -0.2) is 93.6 Å². The Morgan fingerprint density at radius 1 is 1.11 bits per heavy atom. The summed E-state index contributed by atoms with van der Waals surface area (Å²) in [6, 6.07) is 8.37. The maximum atomic E-state index is 14.2. The summed E-state index contributed by atoms with van der Waals surface area (Å²) in [5.74, 6) is -3.32. The summed E-state index contributed by atoms with van der Waals surface area (Å²) in [5.41, 5.74) is 0.521. The van der Waals surface area contributed by atoms with Gasteiger partial charge >= 0.3 is 11.9 Å². The van der Waals surface area contributed by atoms with Crippen LogP contribution in [0.1, 0.15) is 63.7 Å². The van der Waals surface area contributed by atoms with Crippen LogP contribution in [0.15, 0.2) is 42.5 Å². The first-order chi connectivity index (χ1) is 21.4. The summed E-state index contributed by atoms with van der Waals surface area (Å²) in [7, 11) is 3.01. The Hall–Kier alpha value is -2.87. The minimum atomic E-state index is -1.65. The summed E-state index contributed by atoms with van der Waals surface area (Å²) < 4.78 is 48.0. The van der Waals surface area contributed by atoms with Gasteiger partial charge in [0.15, 0.2) is 6.23 Å². The number of amides is 1. The Morgan fingerprint density at radius 2 is 1.84 bits per heavy atom. The molecule has 5 rings (SSSR count). The van der Waals surface area contributed by atoms with Crippen molar-refractivity contribution < 1.29 is 52.3 Å². The van der Waals surface area contributed by atoms with E-state index >= 15 is 0 Å². The highest BCUT2D eigenvalue weighted by atomic mass is 16.7. The lowest BCUT2D eigenvalue weighted by Crippen LogP contribution is -2.69. The lowest BCUT2D eigenvalue weighted by atomic mass is 9.72. The topological polar surface area (TPSA) is 137 Å². The van der Waals surface area contributed by atoms with Crippen LogP contribution in [0.25, 0.3) is 0 Å². The van der Waals surface area contributed by atoms with Crippen LogP contribution < -0.4 is 5.32 Å². The molecule has 1 amide bonds. The van der Waals surface area contributed by atoms with Gasteiger partial charge in [0.2, 0.25) is 11.9 Å². The van der Waals surface area contributed by atoms with E-state index in [0.717, 1.165) is 5.57 Å². The number of benzene rings is 1. The fraction of sp³-hybridized carbons (Fsp3) is 0.667. The molecule has 1 N–H and O–H groups in total. The third kappa shape index (κ3) is 6.68. The number of ether oxygens (including phenoxy) is 8. The van der Waals surface area contributed by atoms with Crippen LogP contribution in [0.2, 0.25) is 0 Å². The van der Waals surface area contributed by atoms with Crippen molar-refractivity contribution in [2.75, 3.05) is 21.0 Å². The van der Waals surface area contributed by atoms with Crippen molar-refractivity contribution in [2.24, 2.45) is 11.3 Å². The lowest BCUT2D eigenvalue weighted by Gasteiger charge is -2.54. The maximum absolute atomic E-state index is 14.2. The molecule has 0 spiro atoms. The van der Waals surface area contributed by atoms with Gasteiger partial charge in [0, 0.05) is 44.8 Å². The zero-order valence-electron chi connectivity index (χ0n) is 26.8. The van der Waals surface area contributed by atoms with Gasteiger partial charge in [-0.2, -0.15) is 0 Å². The van der Waals surface area contributed by atoms with Gasteiger partial charge in [-0.15, -0.1) is 0 Å². The van der Waals surface area contributed by atoms with Gasteiger partial charge in [0.05, 0.1) is 23.9 Å². The molecule has 10 atom stereocenters. The second-order valence-corrected chi connectivity index (χ2v) is 12.9. The number of hydrogen-bond acceptors (Lipinski definition) is 11. The van der Waals surface area contributed by atoms with Crippen LogP contribution in [0.4, 0.5) is 0 Å². The van der Waals surface area contributed by atoms with Gasteiger partial charge in [0.1, 0.15) is 25.1 Å². The summed E-state index contributed by atoms with van der Waals surface area (Å²) in [5, 5.41) is 2.89. The van der Waals surface area contributed by atoms with Crippen LogP contribution in [-0.2, 0) is 47.5 Å². The number of nitrogens with one attached hydrogen (secondary N) is 1. The molecule has 4 aliphatic rings. The number of cyclic esters (lactones) is 1. The van der Waals surface area contributed by atoms with E-state index in [2.05, 4.69) is 11.9 Å². The number of carbonyl (C=O) groups is 3. The number of fused-ring (bicyclic) bond motifs is 1. The van der Waals surface area contributed by atoms with Crippen LogP contribution in [0.5, 0.6) is 0 Å². The third-order valence-electron chi connectivity index (χ3n) is 9.72. The van der Waals surface area contributed by atoms with E-state index < -0.39 is 59.8 Å². The first-order valence-corrected chi connectivity index (χ1v) is 15.5. The molecule has 248 valence electrons. The van der Waals surface area contributed by atoms with E-state index in [0.29, 0.717) is 19.3 Å². The molecule has 0 unspecified atom stereocenters. The predicted molar refractivity (Wildman–Crippen MR) is 159 cm³/mol. The molecule has 0 radical (unpaired) electrons. The van der Waals surface area contributed by atoms with Gasteiger partial charge in [-0.1, -0.05) is 51.1 Å². The van der Waals surface area contributed by atoms with E-state index in [-0.39, 0.29) is 42.9 Å². The molecule has 4 heterocycles. The molecule has 4 fully saturated rings. The maximum Gasteiger partial charge on any atom is 0.339 e. The number of rotatable bonds is 9. The van der Waals surface area contributed by atoms with E-state index in [1.54, 1.807) is 37.4 Å². The standard InChI is InChI=1S/C33H45NO11/c1-18-16-33(39-7,45-20(3)19(18)2)28(44-31(37)21-11-9-8-10-12-21)29(36)34-30-26-25(40-17-41-30)27(38-6)32(4,5)23(43-26)15-22-13-14-24(35)42-22/h8-12,19-20,22-23,25-28,30H,1,13-17H2,2-7H3,(H,34,36)/t19-,20-,22-,23-,25+,26+,27-,28-,30-,33-/m1/s1. The van der Waals surface area contributed by atoms with Gasteiger partial charge in [-0.25, -0.2) is 4.79 Å². The number of carbonyl (C=O) groups excluding carboxylic acids is 3. The number of hydrogen-bond donors (Lipinski definition) is 1. The molecule has 0 aliphatic carbocycles. The Labute approximate surface area is 264 Å². The van der Waals surface area contributed by atoms with Crippen molar-refractivity contribution in [1.82, 2.24) is 5.32 Å². The Balaban J connectivity index is 1.42. The molecule has 45 heavy (non-hydrogen) atoms. The molecular formula is C33H45NO11. The van der Waals surface area contributed by atoms with Gasteiger partial charge in [-0.3, -0.25) is 9.59 Å². The highest BCUT2D eigenvalue weighted by molar-refractivity contribution is 5.92. The van der Waals surface area contributed by atoms with Gasteiger partial charge in [-0.05, 0) is 25.5 Å². The highest BCUT2D eigenvalue weighted by Crippen LogP contribution is 2.45. The average Bonchev–Trinajstić information content (AvgIpc) is 3.43. The van der Waals surface area contributed by atoms with Crippen molar-refractivity contribution in [1.29, 1.82) is 0 Å². The molecule has 4 aliphatic heterocycles. The second kappa shape index (κ2) is 13.5. The van der Waals surface area contributed by atoms with Crippen LogP contribution in [0.3, 0.4) is 0 Å². The lowest BCUT2D eigenvalue weighted by molar-refractivity contribution is -0.332. The third-order valence-corrected chi connectivity index (χ3v) is 9.72. The molecule has 4 saturated heterocycles. The molecule has 0 bridgehead atoms. The Bertz CT molecular complexity index is 1250. The number of methoxy groups -OCH3 is 2. The highest BCUT2D eigenvalue weighted by Gasteiger charge is 2.58. The fourth-order valence-corrected chi connectivity index (χ4v) is 6.80. The minimum Gasteiger partial charge on any atom is -0.462 e. The zero-order valence-corrected chi connectivity index (χ0v) is 26.8. The summed E-state index contributed by atoms with van der Waals surface area (Å²) >= 11 is 0. The quantitative estimate of drug-likeness (QED) is 0.318. The fourth-order valence-electron chi connectivity index (χ4n) is 6.80. The minimum absolute atomic E-state index is 0.0116. The van der Waals surface area contributed by atoms with Crippen LogP contribution >= 0.6 is 0 Å². The van der Waals surface area contributed by atoms with E-state index in [4.69, 9.17) is 37.9 Å². The largest absolute Gasteiger partial charge is 0.462 e. The van der Waals surface area contributed by atoms with Crippen LogP contribution in [0, 0.1) is 11.3 Å². The van der Waals surface area contributed by atoms with Gasteiger partial charge < -0.3 is 43.2 Å². The Morgan fingerprint density at radius 3 is 2.47 bits per heavy atom. The normalized spacial score (nSPS) is 36.8.